The van der Waals surface area contributed by atoms with Crippen molar-refractivity contribution in [2.45, 2.75) is 17.5 Å². The number of benzene rings is 1. The van der Waals surface area contributed by atoms with Gasteiger partial charge in [0, 0.05) is 41.4 Å². The van der Waals surface area contributed by atoms with Crippen molar-refractivity contribution in [2.24, 2.45) is 0 Å². The Bertz CT molecular complexity index is 909. The highest BCUT2D eigenvalue weighted by atomic mass is 32.2. The first-order chi connectivity index (χ1) is 12.8. The predicted molar refractivity (Wildman–Crippen MR) is 101 cm³/mol. The molecule has 2 aromatic heterocycles. The first-order valence-electron chi connectivity index (χ1n) is 7.96. The number of aldehydes is 1. The predicted octanol–water partition coefficient (Wildman–Crippen LogP) is 3.64. The minimum atomic E-state index is 0.596. The summed E-state index contributed by atoms with van der Waals surface area (Å²) in [7, 11) is 1.62. The number of aromatic nitrogens is 4. The van der Waals surface area contributed by atoms with Crippen LogP contribution in [-0.2, 0) is 12.3 Å². The number of carbonyl (C=O) groups excluding carboxylic acids is 1. The van der Waals surface area contributed by atoms with Crippen LogP contribution in [0.15, 0.2) is 60.5 Å². The number of rotatable bonds is 8. The Balaban J connectivity index is 1.88. The molecule has 0 bridgehead atoms. The van der Waals surface area contributed by atoms with E-state index in [1.165, 1.54) is 11.8 Å². The van der Waals surface area contributed by atoms with Crippen molar-refractivity contribution in [1.82, 2.24) is 19.7 Å². The highest BCUT2D eigenvalue weighted by molar-refractivity contribution is 7.98. The monoisotopic (exact) mass is 366 g/mol. The van der Waals surface area contributed by atoms with Gasteiger partial charge in [-0.05, 0) is 30.3 Å². The number of nitrogens with zero attached hydrogens (tertiary/aromatic N) is 4. The summed E-state index contributed by atoms with van der Waals surface area (Å²) in [6, 6.07) is 9.17. The molecule has 0 spiro atoms. The lowest BCUT2D eigenvalue weighted by molar-refractivity contribution is 0.112. The Morgan fingerprint density at radius 3 is 2.73 bits per heavy atom. The third kappa shape index (κ3) is 3.83. The molecular formula is C19H18N4O2S. The van der Waals surface area contributed by atoms with Gasteiger partial charge >= 0.3 is 0 Å². The Kier molecular flexibility index (Phi) is 5.80. The van der Waals surface area contributed by atoms with Gasteiger partial charge in [-0.15, -0.1) is 16.8 Å². The maximum absolute atomic E-state index is 11.0. The highest BCUT2D eigenvalue weighted by Crippen LogP contribution is 2.30. The molecule has 3 rings (SSSR count). The number of ether oxygens (including phenoxy) is 1. The maximum Gasteiger partial charge on any atom is 0.192 e. The number of carbonyl (C=O) groups is 1. The van der Waals surface area contributed by atoms with Crippen LogP contribution in [0.5, 0.6) is 5.75 Å². The third-order valence-corrected chi connectivity index (χ3v) is 4.78. The van der Waals surface area contributed by atoms with Gasteiger partial charge in [0.1, 0.15) is 12.0 Å². The van der Waals surface area contributed by atoms with Gasteiger partial charge in [0.2, 0.25) is 0 Å². The Hall–Kier alpha value is -2.93. The fourth-order valence-electron chi connectivity index (χ4n) is 2.53. The summed E-state index contributed by atoms with van der Waals surface area (Å²) in [6.07, 6.45) is 6.09. The van der Waals surface area contributed by atoms with Crippen LogP contribution >= 0.6 is 11.8 Å². The van der Waals surface area contributed by atoms with Crippen molar-refractivity contribution in [3.8, 4) is 17.1 Å². The van der Waals surface area contributed by atoms with Crippen molar-refractivity contribution in [2.75, 3.05) is 7.11 Å². The summed E-state index contributed by atoms with van der Waals surface area (Å²) in [4.78, 5) is 15.1. The highest BCUT2D eigenvalue weighted by Gasteiger charge is 2.14. The van der Waals surface area contributed by atoms with Crippen LogP contribution in [0.2, 0.25) is 0 Å². The van der Waals surface area contributed by atoms with Crippen LogP contribution < -0.4 is 4.74 Å². The summed E-state index contributed by atoms with van der Waals surface area (Å²) in [5.41, 5.74) is 2.49. The minimum Gasteiger partial charge on any atom is -0.496 e. The zero-order valence-electron chi connectivity index (χ0n) is 14.3. The standard InChI is InChI=1S/C19H18N4O2S/c1-3-10-23-18(15-6-8-20-9-7-15)21-22-19(23)26-13-16-11-14(12-24)4-5-17(16)25-2/h3-9,11-12H,1,10,13H2,2H3. The van der Waals surface area contributed by atoms with E-state index in [-0.39, 0.29) is 0 Å². The first-order valence-corrected chi connectivity index (χ1v) is 8.94. The number of thioether (sulfide) groups is 1. The molecule has 6 nitrogen and oxygen atoms in total. The largest absolute Gasteiger partial charge is 0.496 e. The summed E-state index contributed by atoms with van der Waals surface area (Å²) in [6.45, 7) is 4.42. The molecule has 0 saturated heterocycles. The van der Waals surface area contributed by atoms with E-state index in [2.05, 4.69) is 21.8 Å². The van der Waals surface area contributed by atoms with Crippen molar-refractivity contribution in [3.05, 3.63) is 66.5 Å². The Morgan fingerprint density at radius 1 is 1.23 bits per heavy atom. The summed E-state index contributed by atoms with van der Waals surface area (Å²) in [5, 5.41) is 9.42. The summed E-state index contributed by atoms with van der Waals surface area (Å²) in [5.74, 6) is 2.12. The van der Waals surface area contributed by atoms with Crippen LogP contribution in [-0.4, -0.2) is 33.1 Å². The number of allylic oxidation sites excluding steroid dienone is 1. The SMILES string of the molecule is C=CCn1c(SCc2cc(C=O)ccc2OC)nnc1-c1ccncc1. The lowest BCUT2D eigenvalue weighted by atomic mass is 10.1. The molecule has 0 aliphatic heterocycles. The molecule has 2 heterocycles. The molecule has 0 saturated carbocycles. The van der Waals surface area contributed by atoms with Crippen molar-refractivity contribution in [3.63, 3.8) is 0 Å². The summed E-state index contributed by atoms with van der Waals surface area (Å²) < 4.78 is 7.39. The summed E-state index contributed by atoms with van der Waals surface area (Å²) >= 11 is 1.53. The van der Waals surface area contributed by atoms with E-state index < -0.39 is 0 Å². The number of pyridine rings is 1. The second-order valence-corrected chi connectivity index (χ2v) is 6.36. The van der Waals surface area contributed by atoms with Gasteiger partial charge in [-0.1, -0.05) is 17.8 Å². The van der Waals surface area contributed by atoms with E-state index in [9.17, 15) is 4.79 Å². The number of hydrogen-bond donors (Lipinski definition) is 0. The molecule has 0 amide bonds. The van der Waals surface area contributed by atoms with Crippen LogP contribution in [0, 0.1) is 0 Å². The zero-order chi connectivity index (χ0) is 18.4. The van der Waals surface area contributed by atoms with Gasteiger partial charge < -0.3 is 4.74 Å². The number of hydrogen-bond acceptors (Lipinski definition) is 6. The smallest absolute Gasteiger partial charge is 0.192 e. The average molecular weight is 366 g/mol. The topological polar surface area (TPSA) is 69.9 Å². The average Bonchev–Trinajstić information content (AvgIpc) is 3.09. The molecule has 0 radical (unpaired) electrons. The lowest BCUT2D eigenvalue weighted by Crippen LogP contribution is -2.01. The molecule has 0 fully saturated rings. The molecule has 7 heteroatoms. The molecule has 0 aliphatic rings. The van der Waals surface area contributed by atoms with Crippen molar-refractivity contribution >= 4 is 18.0 Å². The van der Waals surface area contributed by atoms with Gasteiger partial charge in [-0.2, -0.15) is 0 Å². The molecule has 0 unspecified atom stereocenters. The molecule has 1 aromatic carbocycles. The van der Waals surface area contributed by atoms with Crippen LogP contribution in [0.4, 0.5) is 0 Å². The van der Waals surface area contributed by atoms with Crippen molar-refractivity contribution in [1.29, 1.82) is 0 Å². The molecule has 26 heavy (non-hydrogen) atoms. The van der Waals surface area contributed by atoms with Crippen LogP contribution in [0.25, 0.3) is 11.4 Å². The normalized spacial score (nSPS) is 10.5. The Labute approximate surface area is 155 Å². The van der Waals surface area contributed by atoms with E-state index in [1.807, 2.05) is 28.8 Å². The van der Waals surface area contributed by atoms with Crippen LogP contribution in [0.1, 0.15) is 15.9 Å². The molecule has 0 atom stereocenters. The Morgan fingerprint density at radius 2 is 2.04 bits per heavy atom. The maximum atomic E-state index is 11.0. The van der Waals surface area contributed by atoms with E-state index in [0.717, 1.165) is 34.1 Å². The number of methoxy groups -OCH3 is 1. The van der Waals surface area contributed by atoms with Gasteiger partial charge in [0.25, 0.3) is 0 Å². The van der Waals surface area contributed by atoms with Gasteiger partial charge in [-0.25, -0.2) is 0 Å². The van der Waals surface area contributed by atoms with Gasteiger partial charge in [0.05, 0.1) is 7.11 Å². The van der Waals surface area contributed by atoms with Gasteiger partial charge in [0.15, 0.2) is 11.0 Å². The van der Waals surface area contributed by atoms with Crippen molar-refractivity contribution < 1.29 is 9.53 Å². The zero-order valence-corrected chi connectivity index (χ0v) is 15.1. The van der Waals surface area contributed by atoms with E-state index in [4.69, 9.17) is 4.74 Å². The molecule has 0 aliphatic carbocycles. The lowest BCUT2D eigenvalue weighted by Gasteiger charge is -2.10. The quantitative estimate of drug-likeness (QED) is 0.344. The van der Waals surface area contributed by atoms with Crippen LogP contribution in [0.3, 0.4) is 0 Å². The first kappa shape index (κ1) is 17.9. The second kappa shape index (κ2) is 8.44. The van der Waals surface area contributed by atoms with E-state index in [1.54, 1.807) is 31.6 Å². The fourth-order valence-corrected chi connectivity index (χ4v) is 3.46. The molecule has 132 valence electrons. The van der Waals surface area contributed by atoms with E-state index >= 15 is 0 Å². The third-order valence-electron chi connectivity index (χ3n) is 3.76. The second-order valence-electron chi connectivity index (χ2n) is 5.42. The van der Waals surface area contributed by atoms with Gasteiger partial charge in [-0.3, -0.25) is 14.3 Å². The minimum absolute atomic E-state index is 0.596. The molecule has 0 N–H and O–H groups in total. The molecule has 3 aromatic rings. The molecular weight excluding hydrogens is 348 g/mol. The fraction of sp³-hybridized carbons (Fsp3) is 0.158. The van der Waals surface area contributed by atoms with E-state index in [0.29, 0.717) is 17.9 Å².